The van der Waals surface area contributed by atoms with Gasteiger partial charge < -0.3 is 4.90 Å². The van der Waals surface area contributed by atoms with Gasteiger partial charge in [0.15, 0.2) is 0 Å². The molecule has 1 aliphatic heterocycles. The van der Waals surface area contributed by atoms with Crippen molar-refractivity contribution in [2.75, 3.05) is 18.5 Å². The SMILES string of the molecule is CC[C@H]1[C@H](c2ccc(C)cc2)CCN1c1ccc(S(=O)(=O)NC)cc1[N+](=O)[O-]. The van der Waals surface area contributed by atoms with Crippen LogP contribution in [0, 0.1) is 17.0 Å². The lowest BCUT2D eigenvalue weighted by Gasteiger charge is -2.29. The first-order valence-electron chi connectivity index (χ1n) is 9.33. The van der Waals surface area contributed by atoms with Crippen molar-refractivity contribution in [2.24, 2.45) is 0 Å². The zero-order chi connectivity index (χ0) is 20.5. The van der Waals surface area contributed by atoms with E-state index >= 15 is 0 Å². The molecule has 0 aromatic heterocycles. The van der Waals surface area contributed by atoms with Crippen LogP contribution in [0.15, 0.2) is 47.4 Å². The van der Waals surface area contributed by atoms with Crippen molar-refractivity contribution >= 4 is 21.4 Å². The van der Waals surface area contributed by atoms with Crippen LogP contribution in [0.4, 0.5) is 11.4 Å². The van der Waals surface area contributed by atoms with Gasteiger partial charge in [-0.15, -0.1) is 0 Å². The van der Waals surface area contributed by atoms with Crippen LogP contribution in [-0.4, -0.2) is 33.0 Å². The number of hydrogen-bond donors (Lipinski definition) is 1. The molecule has 28 heavy (non-hydrogen) atoms. The molecule has 0 spiro atoms. The number of benzene rings is 2. The highest BCUT2D eigenvalue weighted by Gasteiger charge is 2.37. The number of nitro benzene ring substituents is 1. The molecular weight excluding hydrogens is 378 g/mol. The van der Waals surface area contributed by atoms with Crippen molar-refractivity contribution in [3.8, 4) is 0 Å². The van der Waals surface area contributed by atoms with Crippen molar-refractivity contribution in [1.82, 2.24) is 4.72 Å². The molecule has 1 aliphatic rings. The molecule has 1 heterocycles. The summed E-state index contributed by atoms with van der Waals surface area (Å²) in [6, 6.07) is 12.7. The third kappa shape index (κ3) is 3.74. The van der Waals surface area contributed by atoms with E-state index in [9.17, 15) is 18.5 Å². The second-order valence-electron chi connectivity index (χ2n) is 7.09. The van der Waals surface area contributed by atoms with Gasteiger partial charge in [-0.05, 0) is 44.5 Å². The number of sulfonamides is 1. The van der Waals surface area contributed by atoms with Gasteiger partial charge in [0, 0.05) is 24.6 Å². The molecule has 150 valence electrons. The van der Waals surface area contributed by atoms with E-state index in [0.717, 1.165) is 18.9 Å². The number of aryl methyl sites for hydroxylation is 1. The Morgan fingerprint density at radius 1 is 1.21 bits per heavy atom. The summed E-state index contributed by atoms with van der Waals surface area (Å²) in [6.45, 7) is 4.82. The van der Waals surface area contributed by atoms with E-state index < -0.39 is 14.9 Å². The van der Waals surface area contributed by atoms with Crippen LogP contribution in [0.1, 0.15) is 36.8 Å². The lowest BCUT2D eigenvalue weighted by atomic mass is 9.90. The molecule has 3 rings (SSSR count). The number of hydrogen-bond acceptors (Lipinski definition) is 5. The smallest absolute Gasteiger partial charge is 0.293 e. The van der Waals surface area contributed by atoms with E-state index in [1.807, 2.05) is 6.92 Å². The largest absolute Gasteiger partial charge is 0.362 e. The maximum absolute atomic E-state index is 12.0. The van der Waals surface area contributed by atoms with Gasteiger partial charge in [0.05, 0.1) is 9.82 Å². The van der Waals surface area contributed by atoms with Gasteiger partial charge >= 0.3 is 0 Å². The van der Waals surface area contributed by atoms with Crippen LogP contribution >= 0.6 is 0 Å². The lowest BCUT2D eigenvalue weighted by Crippen LogP contribution is -2.32. The topological polar surface area (TPSA) is 92.6 Å². The fraction of sp³-hybridized carbons (Fsp3) is 0.400. The fourth-order valence-corrected chi connectivity index (χ4v) is 4.79. The molecule has 0 aliphatic carbocycles. The van der Waals surface area contributed by atoms with E-state index in [4.69, 9.17) is 0 Å². The number of anilines is 1. The van der Waals surface area contributed by atoms with Gasteiger partial charge in [0.1, 0.15) is 5.69 Å². The first-order chi connectivity index (χ1) is 13.3. The number of rotatable bonds is 6. The van der Waals surface area contributed by atoms with Crippen molar-refractivity contribution in [3.63, 3.8) is 0 Å². The molecule has 7 nitrogen and oxygen atoms in total. The Morgan fingerprint density at radius 3 is 2.46 bits per heavy atom. The highest BCUT2D eigenvalue weighted by atomic mass is 32.2. The Balaban J connectivity index is 2.00. The standard InChI is InChI=1S/C20H25N3O4S/c1-4-18-17(15-7-5-14(2)6-8-15)11-12-22(18)19-10-9-16(28(26,27)21-3)13-20(19)23(24)25/h5-10,13,17-18,21H,4,11-12H2,1-3H3/t17-,18-/m0/s1. The molecule has 0 radical (unpaired) electrons. The predicted octanol–water partition coefficient (Wildman–Crippen LogP) is 3.58. The molecule has 0 bridgehead atoms. The Labute approximate surface area is 165 Å². The van der Waals surface area contributed by atoms with E-state index in [-0.39, 0.29) is 22.5 Å². The van der Waals surface area contributed by atoms with Crippen molar-refractivity contribution in [3.05, 3.63) is 63.7 Å². The average Bonchev–Trinajstić information content (AvgIpc) is 3.11. The van der Waals surface area contributed by atoms with Crippen molar-refractivity contribution < 1.29 is 13.3 Å². The summed E-state index contributed by atoms with van der Waals surface area (Å²) in [5.41, 5.74) is 2.72. The molecule has 8 heteroatoms. The summed E-state index contributed by atoms with van der Waals surface area (Å²) >= 11 is 0. The van der Waals surface area contributed by atoms with E-state index in [1.54, 1.807) is 6.07 Å². The van der Waals surface area contributed by atoms with Gasteiger partial charge in [-0.2, -0.15) is 0 Å². The molecule has 1 saturated heterocycles. The Hall–Kier alpha value is -2.45. The molecule has 2 aromatic carbocycles. The van der Waals surface area contributed by atoms with Crippen LogP contribution in [0.2, 0.25) is 0 Å². The van der Waals surface area contributed by atoms with Crippen LogP contribution in [0.25, 0.3) is 0 Å². The maximum Gasteiger partial charge on any atom is 0.293 e. The first-order valence-corrected chi connectivity index (χ1v) is 10.8. The minimum atomic E-state index is -3.74. The third-order valence-corrected chi connectivity index (χ3v) is 6.91. The average molecular weight is 404 g/mol. The minimum absolute atomic E-state index is 0.104. The zero-order valence-electron chi connectivity index (χ0n) is 16.3. The highest BCUT2D eigenvalue weighted by molar-refractivity contribution is 7.89. The Kier molecular flexibility index (Phi) is 5.71. The highest BCUT2D eigenvalue weighted by Crippen LogP contribution is 2.42. The molecule has 0 unspecified atom stereocenters. The van der Waals surface area contributed by atoms with E-state index in [0.29, 0.717) is 12.2 Å². The quantitative estimate of drug-likeness (QED) is 0.588. The maximum atomic E-state index is 12.0. The summed E-state index contributed by atoms with van der Waals surface area (Å²) in [6.07, 6.45) is 1.74. The third-order valence-electron chi connectivity index (χ3n) is 5.50. The molecule has 2 atom stereocenters. The zero-order valence-corrected chi connectivity index (χ0v) is 17.1. The first kappa shape index (κ1) is 20.3. The van der Waals surface area contributed by atoms with Crippen molar-refractivity contribution in [2.45, 2.75) is 43.5 Å². The summed E-state index contributed by atoms with van der Waals surface area (Å²) < 4.78 is 26.3. The number of nitrogens with one attached hydrogen (secondary N) is 1. The predicted molar refractivity (Wildman–Crippen MR) is 109 cm³/mol. The second-order valence-corrected chi connectivity index (χ2v) is 8.98. The summed E-state index contributed by atoms with van der Waals surface area (Å²) in [5.74, 6) is 0.283. The second kappa shape index (κ2) is 7.89. The number of nitro groups is 1. The van der Waals surface area contributed by atoms with Gasteiger partial charge in [0.25, 0.3) is 5.69 Å². The molecule has 0 amide bonds. The van der Waals surface area contributed by atoms with Gasteiger partial charge in [-0.1, -0.05) is 36.8 Å². The van der Waals surface area contributed by atoms with Gasteiger partial charge in [0.2, 0.25) is 10.0 Å². The minimum Gasteiger partial charge on any atom is -0.362 e. The fourth-order valence-electron chi connectivity index (χ4n) is 4.04. The monoisotopic (exact) mass is 403 g/mol. The van der Waals surface area contributed by atoms with Gasteiger partial charge in [-0.3, -0.25) is 10.1 Å². The summed E-state index contributed by atoms with van der Waals surface area (Å²) in [5, 5.41) is 11.7. The van der Waals surface area contributed by atoms with Crippen LogP contribution in [-0.2, 0) is 10.0 Å². The number of nitrogens with zero attached hydrogens (tertiary/aromatic N) is 2. The van der Waals surface area contributed by atoms with E-state index in [1.165, 1.54) is 24.2 Å². The van der Waals surface area contributed by atoms with Crippen LogP contribution < -0.4 is 9.62 Å². The van der Waals surface area contributed by atoms with Gasteiger partial charge in [-0.25, -0.2) is 13.1 Å². The molecule has 2 aromatic rings. The van der Waals surface area contributed by atoms with Crippen molar-refractivity contribution in [1.29, 1.82) is 0 Å². The molecule has 1 N–H and O–H groups in total. The molecule has 0 saturated carbocycles. The summed E-state index contributed by atoms with van der Waals surface area (Å²) in [7, 11) is -2.46. The molecule has 1 fully saturated rings. The Morgan fingerprint density at radius 2 is 1.89 bits per heavy atom. The summed E-state index contributed by atoms with van der Waals surface area (Å²) in [4.78, 5) is 13.1. The van der Waals surface area contributed by atoms with E-state index in [2.05, 4.69) is 40.8 Å². The normalized spacial score (nSPS) is 19.8. The van der Waals surface area contributed by atoms with Crippen LogP contribution in [0.3, 0.4) is 0 Å². The van der Waals surface area contributed by atoms with Crippen LogP contribution in [0.5, 0.6) is 0 Å². The Bertz CT molecular complexity index is 973. The molecular formula is C20H25N3O4S. The lowest BCUT2D eigenvalue weighted by molar-refractivity contribution is -0.384.